The van der Waals surface area contributed by atoms with Crippen molar-refractivity contribution in [2.75, 3.05) is 0 Å². The number of hydrogen-bond donors (Lipinski definition) is 1. The number of para-hydroxylation sites is 2. The first-order valence-corrected chi connectivity index (χ1v) is 6.70. The standard InChI is InChI=1S/C17H17FN2/c1-17(2,3)13-10-11(18)8-9-12(13)16-19-14-6-4-5-7-15(14)20-16/h4-10H,1-3H3,(H,19,20). The predicted molar refractivity (Wildman–Crippen MR) is 80.2 cm³/mol. The second-order valence-corrected chi connectivity index (χ2v) is 6.04. The van der Waals surface area contributed by atoms with Crippen LogP contribution in [0.4, 0.5) is 4.39 Å². The molecule has 0 unspecified atom stereocenters. The monoisotopic (exact) mass is 268 g/mol. The van der Waals surface area contributed by atoms with E-state index in [4.69, 9.17) is 0 Å². The zero-order valence-corrected chi connectivity index (χ0v) is 11.9. The lowest BCUT2D eigenvalue weighted by Gasteiger charge is -2.22. The Morgan fingerprint density at radius 1 is 1.05 bits per heavy atom. The summed E-state index contributed by atoms with van der Waals surface area (Å²) in [6.45, 7) is 6.23. The third-order valence-corrected chi connectivity index (χ3v) is 3.43. The smallest absolute Gasteiger partial charge is 0.138 e. The number of aromatic amines is 1. The lowest BCUT2D eigenvalue weighted by Crippen LogP contribution is -2.13. The molecular weight excluding hydrogens is 251 g/mol. The van der Waals surface area contributed by atoms with Crippen LogP contribution in [0.2, 0.25) is 0 Å². The summed E-state index contributed by atoms with van der Waals surface area (Å²) in [5.41, 5.74) is 3.68. The number of benzene rings is 2. The van der Waals surface area contributed by atoms with Gasteiger partial charge in [-0.15, -0.1) is 0 Å². The van der Waals surface area contributed by atoms with Crippen LogP contribution in [0.25, 0.3) is 22.4 Å². The van der Waals surface area contributed by atoms with E-state index in [2.05, 4.69) is 30.7 Å². The molecule has 102 valence electrons. The molecule has 1 N–H and O–H groups in total. The van der Waals surface area contributed by atoms with Crippen molar-refractivity contribution in [3.05, 3.63) is 53.8 Å². The number of hydrogen-bond acceptors (Lipinski definition) is 1. The van der Waals surface area contributed by atoms with Crippen molar-refractivity contribution in [2.45, 2.75) is 26.2 Å². The van der Waals surface area contributed by atoms with Gasteiger partial charge in [0.15, 0.2) is 0 Å². The molecule has 2 aromatic carbocycles. The van der Waals surface area contributed by atoms with E-state index in [1.165, 1.54) is 6.07 Å². The van der Waals surface area contributed by atoms with E-state index in [0.717, 1.165) is 28.0 Å². The first-order valence-electron chi connectivity index (χ1n) is 6.70. The Bertz CT molecular complexity index is 733. The molecule has 1 aromatic heterocycles. The van der Waals surface area contributed by atoms with E-state index in [1.54, 1.807) is 12.1 Å². The summed E-state index contributed by atoms with van der Waals surface area (Å²) < 4.78 is 13.6. The van der Waals surface area contributed by atoms with E-state index < -0.39 is 0 Å². The minimum atomic E-state index is -0.213. The Morgan fingerprint density at radius 2 is 1.80 bits per heavy atom. The zero-order chi connectivity index (χ0) is 14.3. The number of imidazole rings is 1. The highest BCUT2D eigenvalue weighted by Gasteiger charge is 2.21. The topological polar surface area (TPSA) is 28.7 Å². The van der Waals surface area contributed by atoms with Gasteiger partial charge in [-0.1, -0.05) is 32.9 Å². The van der Waals surface area contributed by atoms with E-state index in [9.17, 15) is 4.39 Å². The van der Waals surface area contributed by atoms with Crippen molar-refractivity contribution in [3.63, 3.8) is 0 Å². The van der Waals surface area contributed by atoms with E-state index >= 15 is 0 Å². The first kappa shape index (κ1) is 12.9. The molecule has 1 heterocycles. The molecule has 0 aliphatic rings. The van der Waals surface area contributed by atoms with Crippen molar-refractivity contribution in [2.24, 2.45) is 0 Å². The Hall–Kier alpha value is -2.16. The maximum atomic E-state index is 13.6. The molecule has 2 nitrogen and oxygen atoms in total. The van der Waals surface area contributed by atoms with E-state index in [-0.39, 0.29) is 11.2 Å². The zero-order valence-electron chi connectivity index (χ0n) is 11.9. The molecule has 0 bridgehead atoms. The third-order valence-electron chi connectivity index (χ3n) is 3.43. The van der Waals surface area contributed by atoms with Crippen LogP contribution in [0.3, 0.4) is 0 Å². The molecule has 0 aliphatic carbocycles. The predicted octanol–water partition coefficient (Wildman–Crippen LogP) is 4.67. The quantitative estimate of drug-likeness (QED) is 0.682. The van der Waals surface area contributed by atoms with Gasteiger partial charge >= 0.3 is 0 Å². The van der Waals surface area contributed by atoms with E-state index in [1.807, 2.05) is 24.3 Å². The van der Waals surface area contributed by atoms with Crippen LogP contribution in [-0.2, 0) is 5.41 Å². The highest BCUT2D eigenvalue weighted by molar-refractivity contribution is 5.80. The molecule has 3 heteroatoms. The highest BCUT2D eigenvalue weighted by Crippen LogP contribution is 2.33. The lowest BCUT2D eigenvalue weighted by molar-refractivity contribution is 0.573. The Morgan fingerprint density at radius 3 is 2.50 bits per heavy atom. The molecule has 0 saturated carbocycles. The molecule has 0 amide bonds. The second-order valence-electron chi connectivity index (χ2n) is 6.04. The normalized spacial score (nSPS) is 12.0. The molecule has 0 atom stereocenters. The van der Waals surface area contributed by atoms with Gasteiger partial charge in [0.2, 0.25) is 0 Å². The number of nitrogens with zero attached hydrogens (tertiary/aromatic N) is 1. The van der Waals surface area contributed by atoms with Crippen molar-refractivity contribution in [1.82, 2.24) is 9.97 Å². The van der Waals surface area contributed by atoms with Crippen LogP contribution >= 0.6 is 0 Å². The first-order chi connectivity index (χ1) is 9.45. The number of nitrogens with one attached hydrogen (secondary N) is 1. The van der Waals surface area contributed by atoms with Crippen molar-refractivity contribution in [1.29, 1.82) is 0 Å². The molecule has 0 spiro atoms. The summed E-state index contributed by atoms with van der Waals surface area (Å²) in [7, 11) is 0. The van der Waals surface area contributed by atoms with Crippen LogP contribution in [0, 0.1) is 5.82 Å². The SMILES string of the molecule is CC(C)(C)c1cc(F)ccc1-c1nc2ccccc2[nH]1. The number of halogens is 1. The molecule has 0 saturated heterocycles. The average Bonchev–Trinajstić information content (AvgIpc) is 2.81. The van der Waals surface area contributed by atoms with Gasteiger partial charge in [-0.2, -0.15) is 0 Å². The molecule has 3 rings (SSSR count). The molecule has 3 aromatic rings. The summed E-state index contributed by atoms with van der Waals surface area (Å²) in [6.07, 6.45) is 0. The van der Waals surface area contributed by atoms with Crippen LogP contribution < -0.4 is 0 Å². The Balaban J connectivity index is 2.23. The Labute approximate surface area is 117 Å². The van der Waals surface area contributed by atoms with Crippen LogP contribution in [0.15, 0.2) is 42.5 Å². The fourth-order valence-corrected chi connectivity index (χ4v) is 2.42. The minimum Gasteiger partial charge on any atom is -0.338 e. The van der Waals surface area contributed by atoms with E-state index in [0.29, 0.717) is 0 Å². The van der Waals surface area contributed by atoms with Crippen molar-refractivity contribution < 1.29 is 4.39 Å². The minimum absolute atomic E-state index is 0.142. The van der Waals surface area contributed by atoms with Gasteiger partial charge in [0.05, 0.1) is 11.0 Å². The van der Waals surface area contributed by atoms with Gasteiger partial charge in [-0.3, -0.25) is 0 Å². The van der Waals surface area contributed by atoms with Crippen LogP contribution in [0.1, 0.15) is 26.3 Å². The third kappa shape index (κ3) is 2.20. The Kier molecular flexibility index (Phi) is 2.85. The lowest BCUT2D eigenvalue weighted by atomic mass is 9.83. The number of H-pyrrole nitrogens is 1. The average molecular weight is 268 g/mol. The maximum Gasteiger partial charge on any atom is 0.138 e. The molecule has 0 aliphatic heterocycles. The van der Waals surface area contributed by atoms with Gasteiger partial charge in [-0.25, -0.2) is 9.37 Å². The van der Waals surface area contributed by atoms with Gasteiger partial charge in [0.25, 0.3) is 0 Å². The van der Waals surface area contributed by atoms with Crippen LogP contribution in [-0.4, -0.2) is 9.97 Å². The van der Waals surface area contributed by atoms with Gasteiger partial charge in [0, 0.05) is 5.56 Å². The fourth-order valence-electron chi connectivity index (χ4n) is 2.42. The molecule has 20 heavy (non-hydrogen) atoms. The second kappa shape index (κ2) is 4.44. The summed E-state index contributed by atoms with van der Waals surface area (Å²) in [5, 5.41) is 0. The van der Waals surface area contributed by atoms with Gasteiger partial charge in [0.1, 0.15) is 11.6 Å². The summed E-state index contributed by atoms with van der Waals surface area (Å²) >= 11 is 0. The largest absolute Gasteiger partial charge is 0.338 e. The fraction of sp³-hybridized carbons (Fsp3) is 0.235. The molecule has 0 fully saturated rings. The molecular formula is C17H17FN2. The highest BCUT2D eigenvalue weighted by atomic mass is 19.1. The number of fused-ring (bicyclic) bond motifs is 1. The van der Waals surface area contributed by atoms with Gasteiger partial charge in [-0.05, 0) is 41.3 Å². The summed E-state index contributed by atoms with van der Waals surface area (Å²) in [4.78, 5) is 7.92. The number of aromatic nitrogens is 2. The van der Waals surface area contributed by atoms with Crippen molar-refractivity contribution in [3.8, 4) is 11.4 Å². The maximum absolute atomic E-state index is 13.6. The summed E-state index contributed by atoms with van der Waals surface area (Å²) in [6, 6.07) is 12.8. The van der Waals surface area contributed by atoms with Crippen LogP contribution in [0.5, 0.6) is 0 Å². The number of rotatable bonds is 1. The summed E-state index contributed by atoms with van der Waals surface area (Å²) in [5.74, 6) is 0.575. The van der Waals surface area contributed by atoms with Gasteiger partial charge < -0.3 is 4.98 Å². The molecule has 0 radical (unpaired) electrons. The van der Waals surface area contributed by atoms with Crippen molar-refractivity contribution >= 4 is 11.0 Å².